The molecule has 0 atom stereocenters. The molecule has 0 fully saturated rings. The molecule has 0 saturated carbocycles. The van der Waals surface area contributed by atoms with E-state index in [0.29, 0.717) is 24.8 Å². The van der Waals surface area contributed by atoms with E-state index in [9.17, 15) is 4.79 Å². The summed E-state index contributed by atoms with van der Waals surface area (Å²) < 4.78 is 5.34. The first-order valence-electron chi connectivity index (χ1n) is 6.38. The van der Waals surface area contributed by atoms with Crippen LogP contribution in [0.25, 0.3) is 10.9 Å². The molecule has 0 aliphatic heterocycles. The molecule has 5 nitrogen and oxygen atoms in total. The van der Waals surface area contributed by atoms with E-state index in [1.807, 2.05) is 31.2 Å². The van der Waals surface area contributed by atoms with Crippen molar-refractivity contribution in [1.29, 1.82) is 0 Å². The number of hydrogen-bond acceptors (Lipinski definition) is 5. The van der Waals surface area contributed by atoms with Crippen LogP contribution in [-0.4, -0.2) is 33.4 Å². The molecule has 0 unspecified atom stereocenters. The standard InChI is InChI=1S/C14H16N2O3S/c1-2-19-9-12-15-11-6-4-3-5-10(11)14(16-12)20-8-7-13(17)18/h3-6H,2,7-9H2,1H3,(H,17,18). The molecule has 0 saturated heterocycles. The Balaban J connectivity index is 2.26. The number of carbonyl (C=O) groups is 1. The first-order chi connectivity index (χ1) is 9.70. The highest BCUT2D eigenvalue weighted by atomic mass is 32.2. The molecule has 0 amide bonds. The Morgan fingerprint density at radius 2 is 2.15 bits per heavy atom. The van der Waals surface area contributed by atoms with Crippen LogP contribution in [0.2, 0.25) is 0 Å². The fourth-order valence-electron chi connectivity index (χ4n) is 1.70. The van der Waals surface area contributed by atoms with Crippen LogP contribution in [0.4, 0.5) is 0 Å². The molecule has 0 aliphatic carbocycles. The van der Waals surface area contributed by atoms with Crippen LogP contribution in [-0.2, 0) is 16.1 Å². The minimum Gasteiger partial charge on any atom is -0.481 e. The van der Waals surface area contributed by atoms with Crippen LogP contribution < -0.4 is 0 Å². The number of thioether (sulfide) groups is 1. The molecule has 6 heteroatoms. The van der Waals surface area contributed by atoms with Gasteiger partial charge in [0.2, 0.25) is 0 Å². The lowest BCUT2D eigenvalue weighted by atomic mass is 10.2. The average molecular weight is 292 g/mol. The Morgan fingerprint density at radius 3 is 2.90 bits per heavy atom. The summed E-state index contributed by atoms with van der Waals surface area (Å²) in [6.07, 6.45) is 0.115. The molecule has 1 N–H and O–H groups in total. The van der Waals surface area contributed by atoms with Crippen molar-refractivity contribution in [2.75, 3.05) is 12.4 Å². The van der Waals surface area contributed by atoms with E-state index in [-0.39, 0.29) is 6.42 Å². The number of fused-ring (bicyclic) bond motifs is 1. The minimum atomic E-state index is -0.801. The summed E-state index contributed by atoms with van der Waals surface area (Å²) >= 11 is 1.44. The smallest absolute Gasteiger partial charge is 0.304 e. The maximum atomic E-state index is 10.6. The number of hydrogen-bond donors (Lipinski definition) is 1. The van der Waals surface area contributed by atoms with E-state index in [4.69, 9.17) is 9.84 Å². The van der Waals surface area contributed by atoms with Crippen molar-refractivity contribution in [3.05, 3.63) is 30.1 Å². The zero-order chi connectivity index (χ0) is 14.4. The van der Waals surface area contributed by atoms with E-state index in [1.54, 1.807) is 0 Å². The normalized spacial score (nSPS) is 10.8. The van der Waals surface area contributed by atoms with Gasteiger partial charge in [0.25, 0.3) is 0 Å². The van der Waals surface area contributed by atoms with Crippen molar-refractivity contribution < 1.29 is 14.6 Å². The van der Waals surface area contributed by atoms with Gasteiger partial charge in [-0.25, -0.2) is 9.97 Å². The third-order valence-corrected chi connectivity index (χ3v) is 3.60. The summed E-state index contributed by atoms with van der Waals surface area (Å²) in [6, 6.07) is 7.72. The number of para-hydroxylation sites is 1. The number of nitrogens with zero attached hydrogens (tertiary/aromatic N) is 2. The van der Waals surface area contributed by atoms with Gasteiger partial charge in [-0.3, -0.25) is 4.79 Å². The summed E-state index contributed by atoms with van der Waals surface area (Å²) in [5, 5.41) is 10.5. The van der Waals surface area contributed by atoms with Crippen molar-refractivity contribution in [3.63, 3.8) is 0 Å². The molecule has 0 aliphatic rings. The molecule has 0 spiro atoms. The molecule has 20 heavy (non-hydrogen) atoms. The van der Waals surface area contributed by atoms with Gasteiger partial charge in [-0.05, 0) is 13.0 Å². The maximum Gasteiger partial charge on any atom is 0.304 e. The number of carboxylic acid groups (broad SMARTS) is 1. The Morgan fingerprint density at radius 1 is 1.35 bits per heavy atom. The Hall–Kier alpha value is -1.66. The van der Waals surface area contributed by atoms with E-state index < -0.39 is 5.97 Å². The SMILES string of the molecule is CCOCc1nc(SCCC(=O)O)c2ccccc2n1. The first-order valence-corrected chi connectivity index (χ1v) is 7.37. The highest BCUT2D eigenvalue weighted by Gasteiger charge is 2.09. The first kappa shape index (κ1) is 14.7. The quantitative estimate of drug-likeness (QED) is 0.625. The molecule has 1 heterocycles. The zero-order valence-electron chi connectivity index (χ0n) is 11.2. The van der Waals surface area contributed by atoms with Gasteiger partial charge in [0, 0.05) is 17.7 Å². The van der Waals surface area contributed by atoms with E-state index >= 15 is 0 Å². The van der Waals surface area contributed by atoms with Gasteiger partial charge in [0.05, 0.1) is 11.9 Å². The maximum absolute atomic E-state index is 10.6. The number of rotatable bonds is 7. The fourth-order valence-corrected chi connectivity index (χ4v) is 2.66. The van der Waals surface area contributed by atoms with Crippen LogP contribution in [0.5, 0.6) is 0 Å². The Kier molecular flexibility index (Phi) is 5.31. The molecule has 0 radical (unpaired) electrons. The van der Waals surface area contributed by atoms with Crippen molar-refractivity contribution in [2.45, 2.75) is 25.0 Å². The molecular weight excluding hydrogens is 276 g/mol. The topological polar surface area (TPSA) is 72.3 Å². The van der Waals surface area contributed by atoms with Crippen molar-refractivity contribution >= 4 is 28.6 Å². The third kappa shape index (κ3) is 3.91. The largest absolute Gasteiger partial charge is 0.481 e. The summed E-state index contributed by atoms with van der Waals surface area (Å²) in [5.41, 5.74) is 0.857. The Labute approximate surface area is 121 Å². The summed E-state index contributed by atoms with van der Waals surface area (Å²) in [6.45, 7) is 2.90. The predicted molar refractivity (Wildman–Crippen MR) is 77.8 cm³/mol. The van der Waals surface area contributed by atoms with Gasteiger partial charge in [-0.2, -0.15) is 0 Å². The molecular formula is C14H16N2O3S. The van der Waals surface area contributed by atoms with Gasteiger partial charge in [-0.1, -0.05) is 18.2 Å². The van der Waals surface area contributed by atoms with Crippen molar-refractivity contribution in [3.8, 4) is 0 Å². The number of ether oxygens (including phenoxy) is 1. The van der Waals surface area contributed by atoms with Gasteiger partial charge < -0.3 is 9.84 Å². The lowest BCUT2D eigenvalue weighted by Gasteiger charge is -2.08. The van der Waals surface area contributed by atoms with Crippen LogP contribution in [0.15, 0.2) is 29.3 Å². The van der Waals surface area contributed by atoms with Gasteiger partial charge in [0.1, 0.15) is 11.6 Å². The fraction of sp³-hybridized carbons (Fsp3) is 0.357. The second kappa shape index (κ2) is 7.21. The van der Waals surface area contributed by atoms with Crippen molar-refractivity contribution in [1.82, 2.24) is 9.97 Å². The van der Waals surface area contributed by atoms with Crippen molar-refractivity contribution in [2.24, 2.45) is 0 Å². The lowest BCUT2D eigenvalue weighted by Crippen LogP contribution is -2.02. The highest BCUT2D eigenvalue weighted by molar-refractivity contribution is 7.99. The van der Waals surface area contributed by atoms with Crippen LogP contribution in [0, 0.1) is 0 Å². The molecule has 2 rings (SSSR count). The summed E-state index contributed by atoms with van der Waals surface area (Å²) in [4.78, 5) is 19.5. The number of aromatic nitrogens is 2. The average Bonchev–Trinajstić information content (AvgIpc) is 2.44. The van der Waals surface area contributed by atoms with E-state index in [1.165, 1.54) is 11.8 Å². The molecule has 0 bridgehead atoms. The predicted octanol–water partition coefficient (Wildman–Crippen LogP) is 2.73. The van der Waals surface area contributed by atoms with E-state index in [2.05, 4.69) is 9.97 Å². The lowest BCUT2D eigenvalue weighted by molar-refractivity contribution is -0.136. The van der Waals surface area contributed by atoms with Crippen LogP contribution >= 0.6 is 11.8 Å². The third-order valence-electron chi connectivity index (χ3n) is 2.60. The van der Waals surface area contributed by atoms with E-state index in [0.717, 1.165) is 15.9 Å². The highest BCUT2D eigenvalue weighted by Crippen LogP contribution is 2.25. The van der Waals surface area contributed by atoms with Crippen LogP contribution in [0.3, 0.4) is 0 Å². The molecule has 2 aromatic rings. The number of benzene rings is 1. The van der Waals surface area contributed by atoms with Gasteiger partial charge >= 0.3 is 5.97 Å². The minimum absolute atomic E-state index is 0.115. The van der Waals surface area contributed by atoms with Gasteiger partial charge in [-0.15, -0.1) is 11.8 Å². The zero-order valence-corrected chi connectivity index (χ0v) is 12.0. The second-order valence-electron chi connectivity index (χ2n) is 4.09. The molecule has 1 aromatic heterocycles. The molecule has 106 valence electrons. The summed E-state index contributed by atoms with van der Waals surface area (Å²) in [7, 11) is 0. The van der Waals surface area contributed by atoms with Crippen LogP contribution in [0.1, 0.15) is 19.2 Å². The number of carboxylic acids is 1. The van der Waals surface area contributed by atoms with Gasteiger partial charge in [0.15, 0.2) is 5.82 Å². The monoisotopic (exact) mass is 292 g/mol. The Bertz CT molecular complexity index is 604. The number of aliphatic carboxylic acids is 1. The molecule has 1 aromatic carbocycles. The summed E-state index contributed by atoms with van der Waals surface area (Å²) in [5.74, 6) is 0.318. The second-order valence-corrected chi connectivity index (χ2v) is 5.18.